The van der Waals surface area contributed by atoms with Crippen LogP contribution < -0.4 is 0 Å². The lowest BCUT2D eigenvalue weighted by Crippen LogP contribution is -2.27. The van der Waals surface area contributed by atoms with Crippen LogP contribution in [0.1, 0.15) is 41.9 Å². The molecule has 0 spiro atoms. The highest BCUT2D eigenvalue weighted by molar-refractivity contribution is 5.96. The van der Waals surface area contributed by atoms with E-state index in [1.165, 1.54) is 6.07 Å². The summed E-state index contributed by atoms with van der Waals surface area (Å²) in [4.78, 5) is 27.5. The molecule has 1 fully saturated rings. The quantitative estimate of drug-likeness (QED) is 0.492. The van der Waals surface area contributed by atoms with Crippen LogP contribution in [0.3, 0.4) is 0 Å². The van der Waals surface area contributed by atoms with Gasteiger partial charge in [-0.05, 0) is 31.9 Å². The number of rotatable bonds is 5. The van der Waals surface area contributed by atoms with E-state index in [0.29, 0.717) is 35.2 Å². The topological polar surface area (TPSA) is 76.8 Å². The normalized spacial score (nSPS) is 13.5. The van der Waals surface area contributed by atoms with Crippen molar-refractivity contribution >= 4 is 16.8 Å². The summed E-state index contributed by atoms with van der Waals surface area (Å²) < 4.78 is 15.8. The van der Waals surface area contributed by atoms with Crippen molar-refractivity contribution in [2.24, 2.45) is 0 Å². The van der Waals surface area contributed by atoms with E-state index in [1.54, 1.807) is 59.5 Å². The Balaban J connectivity index is 1.60. The molecule has 3 aromatic heterocycles. The SMILES string of the molecule is CCN(C)C(=O)c1cc2c(cn1)c(C1CC1)nn2-c1ncc(-c2ccccc2F)cn1. The molecule has 0 N–H and O–H groups in total. The fourth-order valence-electron chi connectivity index (χ4n) is 3.56. The van der Waals surface area contributed by atoms with Gasteiger partial charge in [0.05, 0.1) is 11.2 Å². The van der Waals surface area contributed by atoms with Gasteiger partial charge in [-0.3, -0.25) is 9.78 Å². The smallest absolute Gasteiger partial charge is 0.272 e. The molecule has 1 aliphatic carbocycles. The first kappa shape index (κ1) is 19.3. The van der Waals surface area contributed by atoms with Crippen LogP contribution in [0.25, 0.3) is 28.0 Å². The minimum atomic E-state index is -0.325. The highest BCUT2D eigenvalue weighted by atomic mass is 19.1. The van der Waals surface area contributed by atoms with Crippen molar-refractivity contribution in [1.29, 1.82) is 0 Å². The van der Waals surface area contributed by atoms with Crippen LogP contribution in [-0.2, 0) is 0 Å². The molecule has 7 nitrogen and oxygen atoms in total. The van der Waals surface area contributed by atoms with E-state index in [4.69, 9.17) is 5.10 Å². The molecule has 5 rings (SSSR count). The lowest BCUT2D eigenvalue weighted by Gasteiger charge is -2.13. The third kappa shape index (κ3) is 3.43. The van der Waals surface area contributed by atoms with Gasteiger partial charge in [-0.1, -0.05) is 18.2 Å². The van der Waals surface area contributed by atoms with E-state index in [9.17, 15) is 9.18 Å². The van der Waals surface area contributed by atoms with Crippen LogP contribution in [0, 0.1) is 5.82 Å². The van der Waals surface area contributed by atoms with Gasteiger partial charge in [-0.15, -0.1) is 0 Å². The van der Waals surface area contributed by atoms with Gasteiger partial charge in [-0.2, -0.15) is 9.78 Å². The summed E-state index contributed by atoms with van der Waals surface area (Å²) in [5.41, 5.74) is 3.07. The predicted molar refractivity (Wildman–Crippen MR) is 114 cm³/mol. The number of pyridine rings is 1. The second-order valence-corrected chi connectivity index (χ2v) is 7.73. The number of halogens is 1. The monoisotopic (exact) mass is 416 g/mol. The highest BCUT2D eigenvalue weighted by Gasteiger charge is 2.30. The zero-order valence-electron chi connectivity index (χ0n) is 17.3. The van der Waals surface area contributed by atoms with Crippen molar-refractivity contribution in [2.75, 3.05) is 13.6 Å². The number of hydrogen-bond acceptors (Lipinski definition) is 5. The van der Waals surface area contributed by atoms with Crippen molar-refractivity contribution < 1.29 is 9.18 Å². The Hall–Kier alpha value is -3.68. The summed E-state index contributed by atoms with van der Waals surface area (Å²) in [5, 5.41) is 5.66. The van der Waals surface area contributed by atoms with E-state index in [0.717, 1.165) is 29.4 Å². The van der Waals surface area contributed by atoms with E-state index in [-0.39, 0.29) is 11.7 Å². The maximum atomic E-state index is 14.1. The van der Waals surface area contributed by atoms with Crippen LogP contribution >= 0.6 is 0 Å². The third-order valence-corrected chi connectivity index (χ3v) is 5.61. The van der Waals surface area contributed by atoms with Gasteiger partial charge >= 0.3 is 0 Å². The number of carbonyl (C=O) groups is 1. The van der Waals surface area contributed by atoms with E-state index < -0.39 is 0 Å². The third-order valence-electron chi connectivity index (χ3n) is 5.61. The van der Waals surface area contributed by atoms with Crippen molar-refractivity contribution in [3.8, 4) is 17.1 Å². The fourth-order valence-corrected chi connectivity index (χ4v) is 3.56. The predicted octanol–water partition coefficient (Wildman–Crippen LogP) is 3.99. The van der Waals surface area contributed by atoms with Crippen molar-refractivity contribution in [3.05, 3.63) is 66.1 Å². The number of carbonyl (C=O) groups excluding carboxylic acids is 1. The van der Waals surface area contributed by atoms with Gasteiger partial charge in [0.1, 0.15) is 11.5 Å². The first-order valence-electron chi connectivity index (χ1n) is 10.3. The summed E-state index contributed by atoms with van der Waals surface area (Å²) in [6.07, 6.45) is 7.06. The molecule has 156 valence electrons. The largest absolute Gasteiger partial charge is 0.341 e. The lowest BCUT2D eigenvalue weighted by molar-refractivity contribution is 0.0797. The number of aromatic nitrogens is 5. The van der Waals surface area contributed by atoms with Gasteiger partial charge in [0.2, 0.25) is 0 Å². The zero-order valence-corrected chi connectivity index (χ0v) is 17.3. The first-order valence-corrected chi connectivity index (χ1v) is 10.3. The summed E-state index contributed by atoms with van der Waals surface area (Å²) in [7, 11) is 1.74. The van der Waals surface area contributed by atoms with Gasteiger partial charge in [0, 0.05) is 54.6 Å². The molecular formula is C23H21FN6O. The van der Waals surface area contributed by atoms with Crippen molar-refractivity contribution in [3.63, 3.8) is 0 Å². The Kier molecular flexibility index (Phi) is 4.69. The fraction of sp³-hybridized carbons (Fsp3) is 0.261. The van der Waals surface area contributed by atoms with Crippen LogP contribution in [0.15, 0.2) is 48.9 Å². The highest BCUT2D eigenvalue weighted by Crippen LogP contribution is 2.42. The Bertz CT molecular complexity index is 1280. The molecule has 1 saturated carbocycles. The van der Waals surface area contributed by atoms with Gasteiger partial charge in [-0.25, -0.2) is 14.4 Å². The Labute approximate surface area is 178 Å². The summed E-state index contributed by atoms with van der Waals surface area (Å²) in [6, 6.07) is 8.26. The molecule has 0 radical (unpaired) electrons. The van der Waals surface area contributed by atoms with Crippen molar-refractivity contribution in [2.45, 2.75) is 25.7 Å². The number of benzene rings is 1. The molecule has 0 unspecified atom stereocenters. The standard InChI is InChI=1S/C23H21FN6O/c1-3-29(2)22(31)19-10-20-17(13-25-19)21(14-8-9-14)28-30(20)23-26-11-15(12-27-23)16-6-4-5-7-18(16)24/h4-7,10-14H,3,8-9H2,1-2H3. The Morgan fingerprint density at radius 3 is 2.58 bits per heavy atom. The van der Waals surface area contributed by atoms with E-state index in [2.05, 4.69) is 15.0 Å². The molecule has 8 heteroatoms. The molecule has 31 heavy (non-hydrogen) atoms. The van der Waals surface area contributed by atoms with Gasteiger partial charge < -0.3 is 4.90 Å². The summed E-state index contributed by atoms with van der Waals surface area (Å²) in [6.45, 7) is 2.50. The van der Waals surface area contributed by atoms with Crippen LogP contribution in [0.2, 0.25) is 0 Å². The van der Waals surface area contributed by atoms with Gasteiger partial charge in [0.15, 0.2) is 0 Å². The number of amides is 1. The number of hydrogen-bond donors (Lipinski definition) is 0. The van der Waals surface area contributed by atoms with Gasteiger partial charge in [0.25, 0.3) is 11.9 Å². The molecule has 0 saturated heterocycles. The molecule has 0 bridgehead atoms. The first-order chi connectivity index (χ1) is 15.1. The Morgan fingerprint density at radius 1 is 1.16 bits per heavy atom. The molecule has 0 atom stereocenters. The Morgan fingerprint density at radius 2 is 1.90 bits per heavy atom. The lowest BCUT2D eigenvalue weighted by atomic mass is 10.1. The van der Waals surface area contributed by atoms with Crippen LogP contribution in [-0.4, -0.2) is 49.1 Å². The molecular weight excluding hydrogens is 395 g/mol. The maximum absolute atomic E-state index is 14.1. The number of fused-ring (bicyclic) bond motifs is 1. The molecule has 0 aliphatic heterocycles. The summed E-state index contributed by atoms with van der Waals surface area (Å²) >= 11 is 0. The molecule has 3 heterocycles. The van der Waals surface area contributed by atoms with Crippen LogP contribution in [0.5, 0.6) is 0 Å². The molecule has 1 amide bonds. The number of nitrogens with zero attached hydrogens (tertiary/aromatic N) is 6. The summed E-state index contributed by atoms with van der Waals surface area (Å²) in [5.74, 6) is 0.281. The molecule has 1 aliphatic rings. The minimum absolute atomic E-state index is 0.152. The average Bonchev–Trinajstić information content (AvgIpc) is 3.58. The van der Waals surface area contributed by atoms with Crippen LogP contribution in [0.4, 0.5) is 4.39 Å². The van der Waals surface area contributed by atoms with E-state index >= 15 is 0 Å². The zero-order chi connectivity index (χ0) is 21.5. The van der Waals surface area contributed by atoms with E-state index in [1.807, 2.05) is 6.92 Å². The second-order valence-electron chi connectivity index (χ2n) is 7.73. The molecule has 4 aromatic rings. The minimum Gasteiger partial charge on any atom is -0.341 e. The molecule has 1 aromatic carbocycles. The maximum Gasteiger partial charge on any atom is 0.272 e. The van der Waals surface area contributed by atoms with Crippen molar-refractivity contribution in [1.82, 2.24) is 29.6 Å². The second kappa shape index (κ2) is 7.54. The average molecular weight is 416 g/mol.